The summed E-state index contributed by atoms with van der Waals surface area (Å²) in [6.45, 7) is 5.01. The van der Waals surface area contributed by atoms with Crippen LogP contribution in [-0.4, -0.2) is 23.5 Å². The molecule has 0 spiro atoms. The molecule has 27 heavy (non-hydrogen) atoms. The number of hydrogen-bond acceptors (Lipinski definition) is 3. The lowest BCUT2D eigenvalue weighted by atomic mass is 9.86. The normalized spacial score (nSPS) is 19.6. The molecule has 2 aromatic rings. The molecular weight excluding hydrogens is 381 g/mol. The smallest absolute Gasteiger partial charge is 0.253 e. The van der Waals surface area contributed by atoms with E-state index < -0.39 is 0 Å². The van der Waals surface area contributed by atoms with E-state index in [4.69, 9.17) is 23.2 Å². The second kappa shape index (κ2) is 8.94. The van der Waals surface area contributed by atoms with Crippen molar-refractivity contribution in [3.63, 3.8) is 0 Å². The number of halogens is 2. The van der Waals surface area contributed by atoms with Crippen LogP contribution >= 0.6 is 23.2 Å². The van der Waals surface area contributed by atoms with E-state index in [0.717, 1.165) is 43.7 Å². The molecule has 0 aliphatic heterocycles. The number of aromatic nitrogens is 1. The van der Waals surface area contributed by atoms with Gasteiger partial charge in [-0.3, -0.25) is 4.79 Å². The van der Waals surface area contributed by atoms with Gasteiger partial charge in [-0.15, -0.1) is 0 Å². The van der Waals surface area contributed by atoms with Gasteiger partial charge in [-0.2, -0.15) is 0 Å². The van der Waals surface area contributed by atoms with Crippen LogP contribution in [0.5, 0.6) is 0 Å². The lowest BCUT2D eigenvalue weighted by Crippen LogP contribution is -2.38. The van der Waals surface area contributed by atoms with Gasteiger partial charge >= 0.3 is 0 Å². The van der Waals surface area contributed by atoms with Crippen LogP contribution in [-0.2, 0) is 0 Å². The molecule has 1 heterocycles. The fraction of sp³-hybridized carbons (Fsp3) is 0.429. The summed E-state index contributed by atoms with van der Waals surface area (Å²) in [5, 5.41) is 7.50. The van der Waals surface area contributed by atoms with Crippen LogP contribution in [0.3, 0.4) is 0 Å². The zero-order chi connectivity index (χ0) is 19.4. The average Bonchev–Trinajstić information content (AvgIpc) is 2.62. The molecule has 1 aliphatic carbocycles. The predicted molar refractivity (Wildman–Crippen MR) is 112 cm³/mol. The van der Waals surface area contributed by atoms with Gasteiger partial charge in [0.2, 0.25) is 0 Å². The Labute approximate surface area is 170 Å². The summed E-state index contributed by atoms with van der Waals surface area (Å²) in [5.41, 5.74) is 2.69. The maximum atomic E-state index is 12.5. The Hall–Kier alpha value is -1.78. The molecule has 1 aromatic carbocycles. The second-order valence-corrected chi connectivity index (χ2v) is 8.21. The van der Waals surface area contributed by atoms with Crippen LogP contribution in [0.2, 0.25) is 10.0 Å². The molecule has 2 N–H and O–H groups in total. The Morgan fingerprint density at radius 2 is 1.85 bits per heavy atom. The molecule has 144 valence electrons. The third kappa shape index (κ3) is 5.60. The second-order valence-electron chi connectivity index (χ2n) is 7.37. The molecule has 0 unspecified atom stereocenters. The molecule has 6 heteroatoms. The van der Waals surface area contributed by atoms with Gasteiger partial charge in [0.1, 0.15) is 5.82 Å². The number of carbonyl (C=O) groups is 1. The fourth-order valence-corrected chi connectivity index (χ4v) is 4.00. The highest BCUT2D eigenvalue weighted by atomic mass is 35.5. The van der Waals surface area contributed by atoms with Gasteiger partial charge < -0.3 is 10.6 Å². The monoisotopic (exact) mass is 405 g/mol. The van der Waals surface area contributed by atoms with Crippen molar-refractivity contribution in [3.8, 4) is 0 Å². The lowest BCUT2D eigenvalue weighted by Gasteiger charge is -2.29. The van der Waals surface area contributed by atoms with Crippen molar-refractivity contribution in [2.24, 2.45) is 5.92 Å². The lowest BCUT2D eigenvalue weighted by molar-refractivity contribution is 0.0923. The van der Waals surface area contributed by atoms with Crippen molar-refractivity contribution >= 4 is 34.9 Å². The van der Waals surface area contributed by atoms with Crippen LogP contribution in [0.15, 0.2) is 30.3 Å². The number of aryl methyl sites for hydroxylation is 2. The first kappa shape index (κ1) is 20.0. The van der Waals surface area contributed by atoms with E-state index in [2.05, 4.69) is 34.7 Å². The minimum Gasteiger partial charge on any atom is -0.370 e. The van der Waals surface area contributed by atoms with Gasteiger partial charge in [0.25, 0.3) is 5.91 Å². The van der Waals surface area contributed by atoms with Crippen molar-refractivity contribution in [3.05, 3.63) is 57.2 Å². The standard InChI is InChI=1S/C21H25Cl2N3O/c1-13-9-14(2)25-20(10-13)24-12-15-3-6-17(7-4-15)26-21(27)18-11-16(22)5-8-19(18)23/h5,8-11,15,17H,3-4,6-7,12H2,1-2H3,(H,24,25)(H,26,27). The molecule has 1 fully saturated rings. The van der Waals surface area contributed by atoms with E-state index in [0.29, 0.717) is 21.5 Å². The molecule has 4 nitrogen and oxygen atoms in total. The largest absolute Gasteiger partial charge is 0.370 e. The summed E-state index contributed by atoms with van der Waals surface area (Å²) in [4.78, 5) is 17.0. The highest BCUT2D eigenvalue weighted by Crippen LogP contribution is 2.26. The van der Waals surface area contributed by atoms with Crippen molar-refractivity contribution in [1.82, 2.24) is 10.3 Å². The Morgan fingerprint density at radius 3 is 2.56 bits per heavy atom. The number of benzene rings is 1. The Balaban J connectivity index is 1.47. The van der Waals surface area contributed by atoms with E-state index in [1.807, 2.05) is 6.92 Å². The fourth-order valence-electron chi connectivity index (χ4n) is 3.63. The molecule has 1 aliphatic rings. The number of carbonyl (C=O) groups excluding carboxylic acids is 1. The summed E-state index contributed by atoms with van der Waals surface area (Å²) in [6.07, 6.45) is 4.09. The maximum Gasteiger partial charge on any atom is 0.253 e. The van der Waals surface area contributed by atoms with E-state index in [9.17, 15) is 4.79 Å². The van der Waals surface area contributed by atoms with Crippen LogP contribution in [0.1, 0.15) is 47.3 Å². The third-order valence-corrected chi connectivity index (χ3v) is 5.59. The number of nitrogens with zero attached hydrogens (tertiary/aromatic N) is 1. The van der Waals surface area contributed by atoms with Crippen molar-refractivity contribution in [2.75, 3.05) is 11.9 Å². The highest BCUT2D eigenvalue weighted by molar-refractivity contribution is 6.35. The Morgan fingerprint density at radius 1 is 1.11 bits per heavy atom. The topological polar surface area (TPSA) is 54.0 Å². The Bertz CT molecular complexity index is 797. The molecule has 1 saturated carbocycles. The molecule has 0 bridgehead atoms. The van der Waals surface area contributed by atoms with Gasteiger partial charge in [0.05, 0.1) is 10.6 Å². The van der Waals surface area contributed by atoms with E-state index in [1.54, 1.807) is 18.2 Å². The van der Waals surface area contributed by atoms with Crippen LogP contribution < -0.4 is 10.6 Å². The van der Waals surface area contributed by atoms with Crippen LogP contribution in [0.25, 0.3) is 0 Å². The quantitative estimate of drug-likeness (QED) is 0.699. The average molecular weight is 406 g/mol. The Kier molecular flexibility index (Phi) is 6.61. The third-order valence-electron chi connectivity index (χ3n) is 5.02. The number of anilines is 1. The maximum absolute atomic E-state index is 12.5. The summed E-state index contributed by atoms with van der Waals surface area (Å²) < 4.78 is 0. The summed E-state index contributed by atoms with van der Waals surface area (Å²) in [7, 11) is 0. The number of rotatable bonds is 5. The zero-order valence-electron chi connectivity index (χ0n) is 15.7. The molecule has 1 amide bonds. The first-order chi connectivity index (χ1) is 12.9. The zero-order valence-corrected chi connectivity index (χ0v) is 17.2. The molecular formula is C21H25Cl2N3O. The first-order valence-corrected chi connectivity index (χ1v) is 10.1. The first-order valence-electron chi connectivity index (χ1n) is 9.36. The summed E-state index contributed by atoms with van der Waals surface area (Å²) >= 11 is 12.1. The molecule has 0 atom stereocenters. The molecule has 3 rings (SSSR count). The number of pyridine rings is 1. The van der Waals surface area contributed by atoms with Crippen molar-refractivity contribution in [2.45, 2.75) is 45.6 Å². The number of amides is 1. The minimum absolute atomic E-state index is 0.150. The van der Waals surface area contributed by atoms with Gasteiger partial charge in [-0.1, -0.05) is 23.2 Å². The molecule has 0 saturated heterocycles. The van der Waals surface area contributed by atoms with Gasteiger partial charge in [0.15, 0.2) is 0 Å². The minimum atomic E-state index is -0.150. The van der Waals surface area contributed by atoms with Crippen molar-refractivity contribution < 1.29 is 4.79 Å². The van der Waals surface area contributed by atoms with Crippen LogP contribution in [0, 0.1) is 19.8 Å². The van der Waals surface area contributed by atoms with Crippen LogP contribution in [0.4, 0.5) is 5.82 Å². The summed E-state index contributed by atoms with van der Waals surface area (Å²) in [5.74, 6) is 1.39. The van der Waals surface area contributed by atoms with E-state index in [1.165, 1.54) is 5.56 Å². The van der Waals surface area contributed by atoms with Gasteiger partial charge in [0, 0.05) is 23.3 Å². The van der Waals surface area contributed by atoms with Crippen molar-refractivity contribution in [1.29, 1.82) is 0 Å². The summed E-state index contributed by atoms with van der Waals surface area (Å²) in [6, 6.07) is 9.29. The number of hydrogen-bond donors (Lipinski definition) is 2. The highest BCUT2D eigenvalue weighted by Gasteiger charge is 2.23. The van der Waals surface area contributed by atoms with E-state index >= 15 is 0 Å². The molecule has 0 radical (unpaired) electrons. The van der Waals surface area contributed by atoms with E-state index in [-0.39, 0.29) is 11.9 Å². The molecule has 1 aromatic heterocycles. The SMILES string of the molecule is Cc1cc(C)nc(NCC2CCC(NC(=O)c3cc(Cl)ccc3Cl)CC2)c1. The predicted octanol–water partition coefficient (Wildman–Crippen LogP) is 5.41. The number of nitrogens with one attached hydrogen (secondary N) is 2. The van der Waals surface area contributed by atoms with Gasteiger partial charge in [-0.05, 0) is 81.3 Å². The van der Waals surface area contributed by atoms with Gasteiger partial charge in [-0.25, -0.2) is 4.98 Å².